The van der Waals surface area contributed by atoms with Gasteiger partial charge in [0.15, 0.2) is 5.11 Å². The molecule has 1 N–H and O–H groups in total. The molecule has 0 bridgehead atoms. The molecule has 0 aliphatic carbocycles. The predicted octanol–water partition coefficient (Wildman–Crippen LogP) is 1.33. The Kier molecular flexibility index (Phi) is 5.42. The number of benzene rings is 1. The lowest BCUT2D eigenvalue weighted by molar-refractivity contribution is 0.202. The van der Waals surface area contributed by atoms with Gasteiger partial charge >= 0.3 is 0 Å². The van der Waals surface area contributed by atoms with Gasteiger partial charge in [0.2, 0.25) is 0 Å². The number of nitrogens with one attached hydrogen (secondary N) is 1. The van der Waals surface area contributed by atoms with Crippen LogP contribution in [0, 0.1) is 0 Å². The Labute approximate surface area is 120 Å². The van der Waals surface area contributed by atoms with Crippen molar-refractivity contribution in [3.63, 3.8) is 0 Å². The largest absolute Gasteiger partial charge is 0.383 e. The Morgan fingerprint density at radius 1 is 1.21 bits per heavy atom. The Bertz CT molecular complexity index is 391. The van der Waals surface area contributed by atoms with Gasteiger partial charge in [-0.3, -0.25) is 0 Å². The van der Waals surface area contributed by atoms with Gasteiger partial charge in [-0.1, -0.05) is 18.2 Å². The lowest BCUT2D eigenvalue weighted by atomic mass is 10.2. The molecular weight excluding hydrogens is 258 g/mol. The zero-order valence-electron chi connectivity index (χ0n) is 11.3. The Balaban J connectivity index is 1.77. The van der Waals surface area contributed by atoms with E-state index in [1.54, 1.807) is 7.11 Å². The topological polar surface area (TPSA) is 27.7 Å². The Morgan fingerprint density at radius 3 is 2.53 bits per heavy atom. The van der Waals surface area contributed by atoms with Gasteiger partial charge in [0.25, 0.3) is 0 Å². The van der Waals surface area contributed by atoms with Crippen LogP contribution >= 0.6 is 12.2 Å². The van der Waals surface area contributed by atoms with E-state index in [0.29, 0.717) is 6.61 Å². The zero-order chi connectivity index (χ0) is 13.5. The molecule has 1 aromatic carbocycles. The van der Waals surface area contributed by atoms with Crippen LogP contribution in [0.3, 0.4) is 0 Å². The molecule has 1 aromatic rings. The maximum Gasteiger partial charge on any atom is 0.169 e. The fourth-order valence-corrected chi connectivity index (χ4v) is 2.46. The normalized spacial score (nSPS) is 15.4. The standard InChI is InChI=1S/C14H21N3OS/c1-18-12-7-15-14(19)17-10-8-16(9-11-17)13-5-3-2-4-6-13/h2-6H,7-12H2,1H3,(H,15,19). The third kappa shape index (κ3) is 4.08. The molecule has 4 nitrogen and oxygen atoms in total. The molecule has 0 amide bonds. The van der Waals surface area contributed by atoms with Crippen molar-refractivity contribution in [2.75, 3.05) is 51.3 Å². The van der Waals surface area contributed by atoms with Gasteiger partial charge < -0.3 is 19.9 Å². The summed E-state index contributed by atoms with van der Waals surface area (Å²) in [5, 5.41) is 4.06. The number of para-hydroxylation sites is 1. The second kappa shape index (κ2) is 7.31. The van der Waals surface area contributed by atoms with Gasteiger partial charge in [-0.25, -0.2) is 0 Å². The molecule has 1 saturated heterocycles. The number of methoxy groups -OCH3 is 1. The van der Waals surface area contributed by atoms with Crippen LogP contribution in [0.5, 0.6) is 0 Å². The van der Waals surface area contributed by atoms with Crippen LogP contribution in [-0.4, -0.2) is 56.5 Å². The van der Waals surface area contributed by atoms with Gasteiger partial charge in [-0.2, -0.15) is 0 Å². The molecular formula is C14H21N3OS. The van der Waals surface area contributed by atoms with Crippen molar-refractivity contribution in [2.24, 2.45) is 0 Å². The fourth-order valence-electron chi connectivity index (χ4n) is 2.18. The zero-order valence-corrected chi connectivity index (χ0v) is 12.2. The minimum absolute atomic E-state index is 0.685. The SMILES string of the molecule is COCCNC(=S)N1CCN(c2ccccc2)CC1. The highest BCUT2D eigenvalue weighted by Crippen LogP contribution is 2.15. The molecule has 1 aliphatic rings. The predicted molar refractivity (Wildman–Crippen MR) is 82.7 cm³/mol. The highest BCUT2D eigenvalue weighted by molar-refractivity contribution is 7.80. The third-order valence-electron chi connectivity index (χ3n) is 3.27. The minimum Gasteiger partial charge on any atom is -0.383 e. The number of nitrogens with zero attached hydrogens (tertiary/aromatic N) is 2. The molecule has 0 saturated carbocycles. The molecule has 104 valence electrons. The second-order valence-electron chi connectivity index (χ2n) is 4.53. The summed E-state index contributed by atoms with van der Waals surface area (Å²) in [7, 11) is 1.70. The van der Waals surface area contributed by atoms with Gasteiger partial charge in [0.1, 0.15) is 0 Å². The van der Waals surface area contributed by atoms with E-state index in [4.69, 9.17) is 17.0 Å². The molecule has 19 heavy (non-hydrogen) atoms. The van der Waals surface area contributed by atoms with E-state index in [1.165, 1.54) is 5.69 Å². The van der Waals surface area contributed by atoms with Gasteiger partial charge in [-0.15, -0.1) is 0 Å². The number of piperazine rings is 1. The summed E-state index contributed by atoms with van der Waals surface area (Å²) in [5.41, 5.74) is 1.29. The van der Waals surface area contributed by atoms with E-state index >= 15 is 0 Å². The lowest BCUT2D eigenvalue weighted by Crippen LogP contribution is -2.52. The summed E-state index contributed by atoms with van der Waals surface area (Å²) in [6.07, 6.45) is 0. The minimum atomic E-state index is 0.685. The summed E-state index contributed by atoms with van der Waals surface area (Å²) in [5.74, 6) is 0. The average molecular weight is 279 g/mol. The van der Waals surface area contributed by atoms with Crippen molar-refractivity contribution in [3.8, 4) is 0 Å². The fraction of sp³-hybridized carbons (Fsp3) is 0.500. The highest BCUT2D eigenvalue weighted by atomic mass is 32.1. The van der Waals surface area contributed by atoms with Crippen LogP contribution in [0.4, 0.5) is 5.69 Å². The van der Waals surface area contributed by atoms with Crippen molar-refractivity contribution in [2.45, 2.75) is 0 Å². The number of ether oxygens (including phenoxy) is 1. The van der Waals surface area contributed by atoms with Crippen molar-refractivity contribution in [3.05, 3.63) is 30.3 Å². The van der Waals surface area contributed by atoms with E-state index in [1.807, 2.05) is 0 Å². The summed E-state index contributed by atoms with van der Waals surface area (Å²) < 4.78 is 5.01. The van der Waals surface area contributed by atoms with E-state index in [9.17, 15) is 0 Å². The van der Waals surface area contributed by atoms with Crippen molar-refractivity contribution in [1.82, 2.24) is 10.2 Å². The van der Waals surface area contributed by atoms with Crippen LogP contribution < -0.4 is 10.2 Å². The van der Waals surface area contributed by atoms with E-state index in [0.717, 1.165) is 37.8 Å². The summed E-state index contributed by atoms with van der Waals surface area (Å²) >= 11 is 5.38. The Hall–Kier alpha value is -1.33. The summed E-state index contributed by atoms with van der Waals surface area (Å²) in [6, 6.07) is 10.5. The van der Waals surface area contributed by atoms with Gasteiger partial charge in [0, 0.05) is 45.5 Å². The molecule has 0 unspecified atom stereocenters. The first-order valence-electron chi connectivity index (χ1n) is 6.63. The van der Waals surface area contributed by atoms with Gasteiger partial charge in [0.05, 0.1) is 6.61 Å². The molecule has 0 radical (unpaired) electrons. The maximum absolute atomic E-state index is 5.38. The van der Waals surface area contributed by atoms with Crippen LogP contribution in [0.25, 0.3) is 0 Å². The first-order chi connectivity index (χ1) is 9.31. The summed E-state index contributed by atoms with van der Waals surface area (Å²) in [4.78, 5) is 4.62. The van der Waals surface area contributed by atoms with Crippen molar-refractivity contribution in [1.29, 1.82) is 0 Å². The maximum atomic E-state index is 5.38. The van der Waals surface area contributed by atoms with Crippen molar-refractivity contribution >= 4 is 23.0 Å². The molecule has 1 fully saturated rings. The molecule has 0 aromatic heterocycles. The summed E-state index contributed by atoms with van der Waals surface area (Å²) in [6.45, 7) is 5.41. The van der Waals surface area contributed by atoms with E-state index < -0.39 is 0 Å². The van der Waals surface area contributed by atoms with Crippen LogP contribution in [-0.2, 0) is 4.74 Å². The van der Waals surface area contributed by atoms with Crippen LogP contribution in [0.15, 0.2) is 30.3 Å². The van der Waals surface area contributed by atoms with Crippen LogP contribution in [0.1, 0.15) is 0 Å². The molecule has 5 heteroatoms. The average Bonchev–Trinajstić information content (AvgIpc) is 2.48. The Morgan fingerprint density at radius 2 is 1.89 bits per heavy atom. The number of anilines is 1. The van der Waals surface area contributed by atoms with Crippen LogP contribution in [0.2, 0.25) is 0 Å². The lowest BCUT2D eigenvalue weighted by Gasteiger charge is -2.37. The number of thiocarbonyl (C=S) groups is 1. The third-order valence-corrected chi connectivity index (χ3v) is 3.67. The number of hydrogen-bond acceptors (Lipinski definition) is 3. The van der Waals surface area contributed by atoms with E-state index in [-0.39, 0.29) is 0 Å². The molecule has 1 heterocycles. The monoisotopic (exact) mass is 279 g/mol. The number of rotatable bonds is 4. The first kappa shape index (κ1) is 14.1. The van der Waals surface area contributed by atoms with Crippen molar-refractivity contribution < 1.29 is 4.74 Å². The second-order valence-corrected chi connectivity index (χ2v) is 4.92. The number of hydrogen-bond donors (Lipinski definition) is 1. The molecule has 0 atom stereocenters. The smallest absolute Gasteiger partial charge is 0.169 e. The molecule has 2 rings (SSSR count). The first-order valence-corrected chi connectivity index (χ1v) is 7.04. The highest BCUT2D eigenvalue weighted by Gasteiger charge is 2.18. The van der Waals surface area contributed by atoms with Gasteiger partial charge in [-0.05, 0) is 24.4 Å². The van der Waals surface area contributed by atoms with E-state index in [2.05, 4.69) is 45.4 Å². The molecule has 0 spiro atoms. The molecule has 1 aliphatic heterocycles. The quantitative estimate of drug-likeness (QED) is 0.663.